The smallest absolute Gasteiger partial charge is 0.257 e. The molecule has 3 aromatic carbocycles. The average Bonchev–Trinajstić information content (AvgIpc) is 3.33. The minimum Gasteiger partial charge on any atom is -0.497 e. The number of nitrogens with zero attached hydrogens (tertiary/aromatic N) is 3. The van der Waals surface area contributed by atoms with Crippen LogP contribution in [0.5, 0.6) is 5.75 Å². The zero-order chi connectivity index (χ0) is 22.6. The molecule has 0 fully saturated rings. The van der Waals surface area contributed by atoms with Gasteiger partial charge in [-0.05, 0) is 59.5 Å². The van der Waals surface area contributed by atoms with Crippen molar-refractivity contribution in [3.8, 4) is 16.3 Å². The number of hydrogen-bond acceptors (Lipinski definition) is 6. The lowest BCUT2D eigenvalue weighted by atomic mass is 9.99. The van der Waals surface area contributed by atoms with E-state index < -0.39 is 0 Å². The molecule has 0 atom stereocenters. The molecule has 6 nitrogen and oxygen atoms in total. The summed E-state index contributed by atoms with van der Waals surface area (Å²) in [7, 11) is 1.63. The fraction of sp³-hybridized carbons (Fsp3) is 0.192. The van der Waals surface area contributed by atoms with Crippen molar-refractivity contribution in [1.82, 2.24) is 15.1 Å². The second-order valence-electron chi connectivity index (χ2n) is 8.02. The molecule has 1 N–H and O–H groups in total. The second kappa shape index (κ2) is 9.52. The fourth-order valence-corrected chi connectivity index (χ4v) is 4.75. The molecule has 166 valence electrons. The first-order valence-electron chi connectivity index (χ1n) is 10.9. The molecule has 1 aliphatic heterocycles. The number of benzene rings is 3. The van der Waals surface area contributed by atoms with Crippen LogP contribution in [0.3, 0.4) is 0 Å². The third-order valence-electron chi connectivity index (χ3n) is 5.81. The summed E-state index contributed by atoms with van der Waals surface area (Å²) in [6.45, 7) is 2.89. The van der Waals surface area contributed by atoms with Gasteiger partial charge in [-0.25, -0.2) is 0 Å². The van der Waals surface area contributed by atoms with Crippen LogP contribution in [0, 0.1) is 0 Å². The Morgan fingerprint density at radius 1 is 1.00 bits per heavy atom. The lowest BCUT2D eigenvalue weighted by Crippen LogP contribution is -2.29. The van der Waals surface area contributed by atoms with E-state index in [0.29, 0.717) is 10.7 Å². The van der Waals surface area contributed by atoms with Crippen molar-refractivity contribution in [2.24, 2.45) is 0 Å². The number of amides is 1. The summed E-state index contributed by atoms with van der Waals surface area (Å²) in [6.07, 6.45) is 1.08. The monoisotopic (exact) mass is 456 g/mol. The van der Waals surface area contributed by atoms with Gasteiger partial charge < -0.3 is 4.74 Å². The molecule has 5 rings (SSSR count). The predicted octanol–water partition coefficient (Wildman–Crippen LogP) is 5.02. The normalized spacial score (nSPS) is 13.4. The molecule has 0 saturated carbocycles. The number of anilines is 1. The number of aromatic nitrogens is 2. The van der Waals surface area contributed by atoms with Crippen LogP contribution >= 0.6 is 11.3 Å². The molecule has 1 amide bonds. The third-order valence-corrected chi connectivity index (χ3v) is 6.70. The van der Waals surface area contributed by atoms with Crippen LogP contribution in [0.15, 0.2) is 72.8 Å². The van der Waals surface area contributed by atoms with Crippen molar-refractivity contribution in [2.75, 3.05) is 19.0 Å². The van der Waals surface area contributed by atoms with E-state index in [1.54, 1.807) is 7.11 Å². The molecule has 33 heavy (non-hydrogen) atoms. The highest BCUT2D eigenvalue weighted by Crippen LogP contribution is 2.28. The number of rotatable bonds is 6. The van der Waals surface area contributed by atoms with Crippen molar-refractivity contribution >= 4 is 22.4 Å². The summed E-state index contributed by atoms with van der Waals surface area (Å²) in [5.41, 5.74) is 5.59. The second-order valence-corrected chi connectivity index (χ2v) is 9.00. The molecule has 1 aromatic heterocycles. The Morgan fingerprint density at radius 3 is 2.52 bits per heavy atom. The SMILES string of the molecule is COc1ccc(-c2nnc(NC(=O)c3ccc(CN4CCc5ccccc5C4)cc3)s2)cc1. The van der Waals surface area contributed by atoms with Crippen molar-refractivity contribution in [3.05, 3.63) is 95.1 Å². The van der Waals surface area contributed by atoms with Gasteiger partial charge in [-0.15, -0.1) is 10.2 Å². The van der Waals surface area contributed by atoms with Crippen LogP contribution in [0.1, 0.15) is 27.0 Å². The van der Waals surface area contributed by atoms with Gasteiger partial charge in [0.25, 0.3) is 5.91 Å². The molecule has 0 spiro atoms. The number of carbonyl (C=O) groups excluding carboxylic acids is 1. The molecule has 0 bridgehead atoms. The average molecular weight is 457 g/mol. The van der Waals surface area contributed by atoms with Gasteiger partial charge in [0.1, 0.15) is 10.8 Å². The summed E-state index contributed by atoms with van der Waals surface area (Å²) >= 11 is 1.34. The lowest BCUT2D eigenvalue weighted by Gasteiger charge is -2.28. The van der Waals surface area contributed by atoms with Gasteiger partial charge in [-0.2, -0.15) is 0 Å². The Balaban J connectivity index is 1.19. The predicted molar refractivity (Wildman–Crippen MR) is 131 cm³/mol. The zero-order valence-corrected chi connectivity index (χ0v) is 19.1. The number of fused-ring (bicyclic) bond motifs is 1. The molecule has 0 aliphatic carbocycles. The molecule has 0 saturated heterocycles. The van der Waals surface area contributed by atoms with E-state index in [0.717, 1.165) is 42.4 Å². The van der Waals surface area contributed by atoms with Crippen LogP contribution in [-0.4, -0.2) is 34.7 Å². The van der Waals surface area contributed by atoms with E-state index in [1.807, 2.05) is 48.5 Å². The summed E-state index contributed by atoms with van der Waals surface area (Å²) in [4.78, 5) is 15.1. The van der Waals surface area contributed by atoms with E-state index in [1.165, 1.54) is 28.0 Å². The fourth-order valence-electron chi connectivity index (χ4n) is 4.00. The molecule has 0 radical (unpaired) electrons. The number of nitrogens with one attached hydrogen (secondary N) is 1. The van der Waals surface area contributed by atoms with Crippen LogP contribution in [0.4, 0.5) is 5.13 Å². The highest BCUT2D eigenvalue weighted by atomic mass is 32.1. The number of carbonyl (C=O) groups is 1. The van der Waals surface area contributed by atoms with Crippen molar-refractivity contribution in [3.63, 3.8) is 0 Å². The zero-order valence-electron chi connectivity index (χ0n) is 18.3. The molecule has 7 heteroatoms. The Labute approximate surface area is 196 Å². The van der Waals surface area contributed by atoms with Crippen LogP contribution in [0.25, 0.3) is 10.6 Å². The van der Waals surface area contributed by atoms with Gasteiger partial charge in [0.15, 0.2) is 0 Å². The first-order valence-corrected chi connectivity index (χ1v) is 11.7. The topological polar surface area (TPSA) is 67.4 Å². The maximum absolute atomic E-state index is 12.7. The number of ether oxygens (including phenoxy) is 1. The Bertz CT molecular complexity index is 1250. The summed E-state index contributed by atoms with van der Waals surface area (Å²) < 4.78 is 5.18. The molecular weight excluding hydrogens is 432 g/mol. The quantitative estimate of drug-likeness (QED) is 0.441. The minimum absolute atomic E-state index is 0.189. The lowest BCUT2D eigenvalue weighted by molar-refractivity contribution is 0.102. The maximum atomic E-state index is 12.7. The molecule has 0 unspecified atom stereocenters. The van der Waals surface area contributed by atoms with Gasteiger partial charge >= 0.3 is 0 Å². The van der Waals surface area contributed by atoms with Crippen LogP contribution in [0.2, 0.25) is 0 Å². The van der Waals surface area contributed by atoms with Gasteiger partial charge in [0.2, 0.25) is 5.13 Å². The number of methoxy groups -OCH3 is 1. The van der Waals surface area contributed by atoms with E-state index in [-0.39, 0.29) is 5.91 Å². The van der Waals surface area contributed by atoms with E-state index in [4.69, 9.17) is 4.74 Å². The van der Waals surface area contributed by atoms with E-state index in [2.05, 4.69) is 44.7 Å². The highest BCUT2D eigenvalue weighted by molar-refractivity contribution is 7.18. The molecule has 2 heterocycles. The Morgan fingerprint density at radius 2 is 1.76 bits per heavy atom. The molecule has 1 aliphatic rings. The van der Waals surface area contributed by atoms with Crippen molar-refractivity contribution in [2.45, 2.75) is 19.5 Å². The number of hydrogen-bond donors (Lipinski definition) is 1. The first kappa shape index (κ1) is 21.3. The van der Waals surface area contributed by atoms with Crippen molar-refractivity contribution < 1.29 is 9.53 Å². The summed E-state index contributed by atoms with van der Waals surface area (Å²) in [5.74, 6) is 0.594. The molecule has 4 aromatic rings. The Kier molecular flexibility index (Phi) is 6.15. The maximum Gasteiger partial charge on any atom is 0.257 e. The van der Waals surface area contributed by atoms with Crippen molar-refractivity contribution in [1.29, 1.82) is 0 Å². The third kappa shape index (κ3) is 4.94. The summed E-state index contributed by atoms with van der Waals surface area (Å²) in [6, 6.07) is 24.0. The van der Waals surface area contributed by atoms with Gasteiger partial charge in [0.05, 0.1) is 7.11 Å². The van der Waals surface area contributed by atoms with Crippen LogP contribution < -0.4 is 10.1 Å². The first-order chi connectivity index (χ1) is 16.2. The van der Waals surface area contributed by atoms with Crippen LogP contribution in [-0.2, 0) is 19.5 Å². The largest absolute Gasteiger partial charge is 0.497 e. The van der Waals surface area contributed by atoms with Gasteiger partial charge in [-0.3, -0.25) is 15.0 Å². The minimum atomic E-state index is -0.189. The Hall–Kier alpha value is -3.55. The van der Waals surface area contributed by atoms with Gasteiger partial charge in [0, 0.05) is 30.8 Å². The molecular formula is C26H24N4O2S. The summed E-state index contributed by atoms with van der Waals surface area (Å²) in [5, 5.41) is 12.4. The highest BCUT2D eigenvalue weighted by Gasteiger charge is 2.16. The standard InChI is InChI=1S/C26H24N4O2S/c1-32-23-12-10-21(11-13-23)25-28-29-26(33-25)27-24(31)20-8-6-18(7-9-20)16-30-15-14-19-4-2-3-5-22(19)17-30/h2-13H,14-17H2,1H3,(H,27,29,31). The van der Waals surface area contributed by atoms with E-state index >= 15 is 0 Å². The van der Waals surface area contributed by atoms with E-state index in [9.17, 15) is 4.79 Å². The van der Waals surface area contributed by atoms with Gasteiger partial charge in [-0.1, -0.05) is 47.7 Å².